The molecule has 0 fully saturated rings. The Labute approximate surface area is 196 Å². The molecule has 1 atom stereocenters. The lowest BCUT2D eigenvalue weighted by Crippen LogP contribution is -2.34. The van der Waals surface area contributed by atoms with Gasteiger partial charge in [-0.1, -0.05) is 47.5 Å². The molecule has 1 amide bonds. The summed E-state index contributed by atoms with van der Waals surface area (Å²) >= 11 is 11.8. The van der Waals surface area contributed by atoms with Crippen LogP contribution in [0.25, 0.3) is 0 Å². The zero-order valence-electron chi connectivity index (χ0n) is 16.8. The summed E-state index contributed by atoms with van der Waals surface area (Å²) in [6.45, 7) is 0.979. The van der Waals surface area contributed by atoms with E-state index in [1.165, 1.54) is 24.3 Å². The summed E-state index contributed by atoms with van der Waals surface area (Å²) in [5.41, 5.74) is 1.73. The van der Waals surface area contributed by atoms with E-state index in [-0.39, 0.29) is 32.5 Å². The Bertz CT molecular complexity index is 1260. The molecule has 0 radical (unpaired) electrons. The fourth-order valence-corrected chi connectivity index (χ4v) is 4.88. The topological polar surface area (TPSA) is 84.5 Å². The maximum atomic E-state index is 12.7. The first-order chi connectivity index (χ1) is 15.3. The number of halogens is 2. The summed E-state index contributed by atoms with van der Waals surface area (Å²) in [7, 11) is -3.89. The van der Waals surface area contributed by atoms with Gasteiger partial charge in [-0.3, -0.25) is 9.52 Å². The number of fused-ring (bicyclic) bond motifs is 1. The largest absolute Gasteiger partial charge is 0.493 e. The van der Waals surface area contributed by atoms with Gasteiger partial charge in [0.15, 0.2) is 0 Å². The minimum Gasteiger partial charge on any atom is -0.493 e. The number of anilines is 1. The third kappa shape index (κ3) is 5.18. The molecule has 3 aromatic rings. The van der Waals surface area contributed by atoms with Crippen molar-refractivity contribution in [3.63, 3.8) is 0 Å². The summed E-state index contributed by atoms with van der Waals surface area (Å²) in [4.78, 5) is 12.6. The second-order valence-corrected chi connectivity index (χ2v) is 9.96. The average molecular weight is 491 g/mol. The standard InChI is InChI=1S/C23H20Cl2N2O4S/c24-20-9-8-19(12-21(20)25)32(29,30)27-18-6-3-5-17(11-18)23(28)26-13-15-10-16-4-1-2-7-22(16)31-14-15/h1-9,11-12,15,27H,10,13-14H2,(H,26,28). The molecular weight excluding hydrogens is 471 g/mol. The lowest BCUT2D eigenvalue weighted by atomic mass is 9.96. The first-order valence-corrected chi connectivity index (χ1v) is 12.1. The van der Waals surface area contributed by atoms with Crippen LogP contribution in [0.2, 0.25) is 10.0 Å². The maximum absolute atomic E-state index is 12.7. The van der Waals surface area contributed by atoms with Crippen molar-refractivity contribution in [3.05, 3.63) is 87.9 Å². The molecule has 1 aliphatic heterocycles. The first kappa shape index (κ1) is 22.5. The van der Waals surface area contributed by atoms with Gasteiger partial charge in [-0.15, -0.1) is 0 Å². The molecule has 6 nitrogen and oxygen atoms in total. The summed E-state index contributed by atoms with van der Waals surface area (Å²) < 4.78 is 33.5. The van der Waals surface area contributed by atoms with Gasteiger partial charge in [0.1, 0.15) is 5.75 Å². The molecule has 0 aromatic heterocycles. The van der Waals surface area contributed by atoms with Crippen LogP contribution < -0.4 is 14.8 Å². The van der Waals surface area contributed by atoms with Crippen molar-refractivity contribution in [2.24, 2.45) is 5.92 Å². The predicted molar refractivity (Wildman–Crippen MR) is 125 cm³/mol. The van der Waals surface area contributed by atoms with E-state index in [2.05, 4.69) is 10.0 Å². The molecule has 1 aliphatic rings. The number of hydrogen-bond donors (Lipinski definition) is 2. The van der Waals surface area contributed by atoms with E-state index in [0.717, 1.165) is 17.7 Å². The lowest BCUT2D eigenvalue weighted by molar-refractivity contribution is 0.0939. The number of benzene rings is 3. The van der Waals surface area contributed by atoms with Crippen LogP contribution in [-0.4, -0.2) is 27.5 Å². The Morgan fingerprint density at radius 3 is 2.62 bits per heavy atom. The van der Waals surface area contributed by atoms with Gasteiger partial charge < -0.3 is 10.1 Å². The highest BCUT2D eigenvalue weighted by Gasteiger charge is 2.21. The first-order valence-electron chi connectivity index (χ1n) is 9.89. The van der Waals surface area contributed by atoms with Crippen LogP contribution in [0.1, 0.15) is 15.9 Å². The number of carbonyl (C=O) groups excluding carboxylic acids is 1. The van der Waals surface area contributed by atoms with Crippen molar-refractivity contribution in [1.82, 2.24) is 5.32 Å². The zero-order chi connectivity index (χ0) is 22.7. The van der Waals surface area contributed by atoms with E-state index in [4.69, 9.17) is 27.9 Å². The maximum Gasteiger partial charge on any atom is 0.261 e. The number of carbonyl (C=O) groups is 1. The number of ether oxygens (including phenoxy) is 1. The summed E-state index contributed by atoms with van der Waals surface area (Å²) in [5, 5.41) is 3.30. The number of sulfonamides is 1. The van der Waals surface area contributed by atoms with Gasteiger partial charge in [0, 0.05) is 23.7 Å². The number of para-hydroxylation sites is 1. The van der Waals surface area contributed by atoms with Crippen LogP contribution in [-0.2, 0) is 16.4 Å². The normalized spacial score (nSPS) is 15.4. The van der Waals surface area contributed by atoms with Crippen LogP contribution in [0.4, 0.5) is 5.69 Å². The lowest BCUT2D eigenvalue weighted by Gasteiger charge is -2.25. The van der Waals surface area contributed by atoms with Crippen LogP contribution in [0.5, 0.6) is 5.75 Å². The monoisotopic (exact) mass is 490 g/mol. The van der Waals surface area contributed by atoms with Gasteiger partial charge >= 0.3 is 0 Å². The molecule has 32 heavy (non-hydrogen) atoms. The average Bonchev–Trinajstić information content (AvgIpc) is 2.79. The van der Waals surface area contributed by atoms with Crippen LogP contribution in [0.15, 0.2) is 71.6 Å². The van der Waals surface area contributed by atoms with Crippen LogP contribution in [0.3, 0.4) is 0 Å². The Kier molecular flexibility index (Phi) is 6.60. The molecule has 0 saturated carbocycles. The third-order valence-corrected chi connectivity index (χ3v) is 7.20. The smallest absolute Gasteiger partial charge is 0.261 e. The third-order valence-electron chi connectivity index (χ3n) is 5.09. The molecule has 4 rings (SSSR count). The van der Waals surface area contributed by atoms with E-state index in [1.807, 2.05) is 24.3 Å². The van der Waals surface area contributed by atoms with Gasteiger partial charge in [0.05, 0.1) is 21.5 Å². The Morgan fingerprint density at radius 2 is 1.81 bits per heavy atom. The van der Waals surface area contributed by atoms with E-state index in [0.29, 0.717) is 18.7 Å². The Balaban J connectivity index is 1.40. The zero-order valence-corrected chi connectivity index (χ0v) is 19.2. The van der Waals surface area contributed by atoms with Gasteiger partial charge in [0.2, 0.25) is 0 Å². The SMILES string of the molecule is O=C(NCC1COc2ccccc2C1)c1cccc(NS(=O)(=O)c2ccc(Cl)c(Cl)c2)c1. The van der Waals surface area contributed by atoms with Crippen molar-refractivity contribution >= 4 is 44.8 Å². The molecule has 9 heteroatoms. The molecule has 166 valence electrons. The molecule has 0 bridgehead atoms. The number of hydrogen-bond acceptors (Lipinski definition) is 4. The minimum atomic E-state index is -3.89. The molecule has 0 aliphatic carbocycles. The summed E-state index contributed by atoms with van der Waals surface area (Å²) in [5.74, 6) is 0.752. The molecule has 1 heterocycles. The number of amides is 1. The van der Waals surface area contributed by atoms with Crippen LogP contribution >= 0.6 is 23.2 Å². The van der Waals surface area contributed by atoms with E-state index in [1.54, 1.807) is 18.2 Å². The van der Waals surface area contributed by atoms with Crippen molar-refractivity contribution in [2.45, 2.75) is 11.3 Å². The molecule has 1 unspecified atom stereocenters. The minimum absolute atomic E-state index is 0.0284. The predicted octanol–water partition coefficient (Wildman–Crippen LogP) is 4.78. The Hall–Kier alpha value is -2.74. The van der Waals surface area contributed by atoms with Gasteiger partial charge in [-0.25, -0.2) is 8.42 Å². The highest BCUT2D eigenvalue weighted by atomic mass is 35.5. The fourth-order valence-electron chi connectivity index (χ4n) is 3.44. The molecule has 0 spiro atoms. The Morgan fingerprint density at radius 1 is 1.00 bits per heavy atom. The second kappa shape index (κ2) is 9.40. The van der Waals surface area contributed by atoms with Gasteiger partial charge in [0.25, 0.3) is 15.9 Å². The van der Waals surface area contributed by atoms with E-state index in [9.17, 15) is 13.2 Å². The quantitative estimate of drug-likeness (QED) is 0.520. The van der Waals surface area contributed by atoms with Gasteiger partial charge in [-0.05, 0) is 54.4 Å². The summed E-state index contributed by atoms with van der Waals surface area (Å²) in [6, 6.07) is 18.2. The van der Waals surface area contributed by atoms with E-state index < -0.39 is 10.0 Å². The second-order valence-electron chi connectivity index (χ2n) is 7.46. The number of nitrogens with one attached hydrogen (secondary N) is 2. The van der Waals surface area contributed by atoms with Crippen LogP contribution in [0, 0.1) is 5.92 Å². The summed E-state index contributed by atoms with van der Waals surface area (Å²) in [6.07, 6.45) is 0.819. The van der Waals surface area contributed by atoms with Crippen molar-refractivity contribution in [3.8, 4) is 5.75 Å². The van der Waals surface area contributed by atoms with Crippen molar-refractivity contribution < 1.29 is 17.9 Å². The van der Waals surface area contributed by atoms with E-state index >= 15 is 0 Å². The molecular formula is C23H20Cl2N2O4S. The van der Waals surface area contributed by atoms with Crippen molar-refractivity contribution in [2.75, 3.05) is 17.9 Å². The molecule has 2 N–H and O–H groups in total. The number of rotatable bonds is 6. The molecule has 0 saturated heterocycles. The van der Waals surface area contributed by atoms with Gasteiger partial charge in [-0.2, -0.15) is 0 Å². The highest BCUT2D eigenvalue weighted by Crippen LogP contribution is 2.27. The van der Waals surface area contributed by atoms with Crippen molar-refractivity contribution in [1.29, 1.82) is 0 Å². The fraction of sp³-hybridized carbons (Fsp3) is 0.174. The highest BCUT2D eigenvalue weighted by molar-refractivity contribution is 7.92. The molecule has 3 aromatic carbocycles.